The number of nitro groups is 1. The van der Waals surface area contributed by atoms with Crippen molar-refractivity contribution in [2.75, 3.05) is 7.11 Å². The zero-order chi connectivity index (χ0) is 12.3. The van der Waals surface area contributed by atoms with Crippen LogP contribution in [-0.2, 0) is 0 Å². The van der Waals surface area contributed by atoms with Gasteiger partial charge in [0.1, 0.15) is 5.75 Å². The number of ether oxygens (including phenoxy) is 1. The van der Waals surface area contributed by atoms with E-state index in [-0.39, 0.29) is 10.8 Å². The third-order valence-electron chi connectivity index (χ3n) is 3.14. The van der Waals surface area contributed by atoms with Crippen LogP contribution in [0.15, 0.2) is 36.0 Å². The number of methoxy groups -OCH3 is 1. The molecule has 0 amide bonds. The van der Waals surface area contributed by atoms with Crippen LogP contribution in [0.3, 0.4) is 0 Å². The van der Waals surface area contributed by atoms with Gasteiger partial charge in [0.05, 0.1) is 18.0 Å². The van der Waals surface area contributed by atoms with E-state index in [0.717, 1.165) is 30.6 Å². The maximum Gasteiger partial charge on any atom is 0.249 e. The third kappa shape index (κ3) is 2.46. The van der Waals surface area contributed by atoms with Gasteiger partial charge in [0, 0.05) is 0 Å². The van der Waals surface area contributed by atoms with Gasteiger partial charge in [0.2, 0.25) is 5.70 Å². The summed E-state index contributed by atoms with van der Waals surface area (Å²) in [6.07, 6.45) is 4.41. The second kappa shape index (κ2) is 4.99. The van der Waals surface area contributed by atoms with E-state index < -0.39 is 0 Å². The first-order valence-electron chi connectivity index (χ1n) is 5.71. The Hall–Kier alpha value is -1.84. The minimum atomic E-state index is -0.256. The van der Waals surface area contributed by atoms with E-state index in [9.17, 15) is 10.1 Å². The Morgan fingerprint density at radius 1 is 1.35 bits per heavy atom. The summed E-state index contributed by atoms with van der Waals surface area (Å²) in [5, 5.41) is 11.0. The first-order valence-corrected chi connectivity index (χ1v) is 5.71. The molecule has 90 valence electrons. The van der Waals surface area contributed by atoms with Crippen molar-refractivity contribution in [2.45, 2.75) is 25.2 Å². The van der Waals surface area contributed by atoms with Gasteiger partial charge in [-0.1, -0.05) is 12.1 Å². The van der Waals surface area contributed by atoms with Crippen LogP contribution in [0.2, 0.25) is 0 Å². The summed E-state index contributed by atoms with van der Waals surface area (Å²) in [4.78, 5) is 10.7. The van der Waals surface area contributed by atoms with E-state index in [2.05, 4.69) is 0 Å². The quantitative estimate of drug-likeness (QED) is 0.595. The molecule has 0 spiro atoms. The highest BCUT2D eigenvalue weighted by molar-refractivity contribution is 5.33. The van der Waals surface area contributed by atoms with E-state index in [1.807, 2.05) is 24.3 Å². The van der Waals surface area contributed by atoms with Crippen LogP contribution < -0.4 is 4.74 Å². The lowest BCUT2D eigenvalue weighted by atomic mass is 9.86. The summed E-state index contributed by atoms with van der Waals surface area (Å²) in [6.45, 7) is 0. The molecule has 1 aliphatic rings. The number of rotatable bonds is 3. The van der Waals surface area contributed by atoms with E-state index >= 15 is 0 Å². The Morgan fingerprint density at radius 3 is 2.65 bits per heavy atom. The molecule has 0 fully saturated rings. The summed E-state index contributed by atoms with van der Waals surface area (Å²) in [7, 11) is 1.61. The van der Waals surface area contributed by atoms with Crippen molar-refractivity contribution in [3.8, 4) is 5.75 Å². The average molecular weight is 233 g/mol. The molecule has 1 atom stereocenters. The monoisotopic (exact) mass is 233 g/mol. The molecule has 4 heteroatoms. The van der Waals surface area contributed by atoms with Gasteiger partial charge in [-0.05, 0) is 43.0 Å². The Bertz CT molecular complexity index is 436. The molecule has 4 nitrogen and oxygen atoms in total. The molecule has 1 aliphatic carbocycles. The number of benzene rings is 1. The Morgan fingerprint density at radius 2 is 2.06 bits per heavy atom. The summed E-state index contributed by atoms with van der Waals surface area (Å²) in [6, 6.07) is 7.52. The lowest BCUT2D eigenvalue weighted by Crippen LogP contribution is -2.13. The largest absolute Gasteiger partial charge is 0.497 e. The van der Waals surface area contributed by atoms with Crippen molar-refractivity contribution < 1.29 is 9.66 Å². The topological polar surface area (TPSA) is 52.4 Å². The second-order valence-corrected chi connectivity index (χ2v) is 4.14. The highest BCUT2D eigenvalue weighted by atomic mass is 16.6. The number of hydrogen-bond acceptors (Lipinski definition) is 3. The van der Waals surface area contributed by atoms with Crippen LogP contribution in [0.1, 0.15) is 30.7 Å². The van der Waals surface area contributed by atoms with Gasteiger partial charge in [-0.3, -0.25) is 10.1 Å². The molecule has 1 aromatic carbocycles. The van der Waals surface area contributed by atoms with Crippen molar-refractivity contribution in [2.24, 2.45) is 0 Å². The standard InChI is InChI=1S/C13H15NO3/c1-17-11-8-6-10(7-9-11)12-4-2-3-5-13(12)14(15)16/h5-9,12H,2-4H2,1H3/t12-/m0/s1. The predicted octanol–water partition coefficient (Wildman–Crippen LogP) is 3.12. The Balaban J connectivity index is 2.28. The van der Waals surface area contributed by atoms with Crippen molar-refractivity contribution >= 4 is 0 Å². The fraction of sp³-hybridized carbons (Fsp3) is 0.385. The minimum Gasteiger partial charge on any atom is -0.497 e. The molecule has 17 heavy (non-hydrogen) atoms. The molecule has 0 saturated heterocycles. The van der Waals surface area contributed by atoms with Crippen molar-refractivity contribution in [1.29, 1.82) is 0 Å². The molecule has 0 radical (unpaired) electrons. The lowest BCUT2D eigenvalue weighted by Gasteiger charge is -2.18. The molecule has 1 aromatic rings. The zero-order valence-electron chi connectivity index (χ0n) is 9.76. The maximum absolute atomic E-state index is 11.0. The lowest BCUT2D eigenvalue weighted by molar-refractivity contribution is -0.431. The zero-order valence-corrected chi connectivity index (χ0v) is 9.76. The molecule has 2 rings (SSSR count). The number of nitrogens with zero attached hydrogens (tertiary/aromatic N) is 1. The highest BCUT2D eigenvalue weighted by Crippen LogP contribution is 2.34. The van der Waals surface area contributed by atoms with Gasteiger partial charge in [-0.25, -0.2) is 0 Å². The molecular formula is C13H15NO3. The summed E-state index contributed by atoms with van der Waals surface area (Å²) >= 11 is 0. The fourth-order valence-electron chi connectivity index (χ4n) is 2.24. The first-order chi connectivity index (χ1) is 8.22. The molecule has 0 aromatic heterocycles. The number of allylic oxidation sites excluding steroid dienone is 2. The van der Waals surface area contributed by atoms with Gasteiger partial charge in [0.15, 0.2) is 0 Å². The van der Waals surface area contributed by atoms with E-state index in [1.165, 1.54) is 0 Å². The average Bonchev–Trinajstić information content (AvgIpc) is 2.39. The highest BCUT2D eigenvalue weighted by Gasteiger charge is 2.28. The Labute approximate surface area is 100 Å². The van der Waals surface area contributed by atoms with E-state index in [4.69, 9.17) is 4.74 Å². The van der Waals surface area contributed by atoms with Crippen LogP contribution in [-0.4, -0.2) is 12.0 Å². The summed E-state index contributed by atoms with van der Waals surface area (Å²) in [5.74, 6) is 0.695. The molecule has 0 unspecified atom stereocenters. The fourth-order valence-corrected chi connectivity index (χ4v) is 2.24. The normalized spacial score (nSPS) is 19.6. The van der Waals surface area contributed by atoms with Crippen molar-refractivity contribution in [3.63, 3.8) is 0 Å². The van der Waals surface area contributed by atoms with E-state index in [1.54, 1.807) is 13.2 Å². The maximum atomic E-state index is 11.0. The third-order valence-corrected chi connectivity index (χ3v) is 3.14. The van der Waals surface area contributed by atoms with Gasteiger partial charge in [0.25, 0.3) is 0 Å². The molecular weight excluding hydrogens is 218 g/mol. The summed E-state index contributed by atoms with van der Waals surface area (Å²) in [5.41, 5.74) is 1.33. The molecule has 0 aliphatic heterocycles. The Kier molecular flexibility index (Phi) is 3.42. The van der Waals surface area contributed by atoms with Crippen molar-refractivity contribution in [3.05, 3.63) is 51.7 Å². The van der Waals surface area contributed by atoms with Crippen LogP contribution in [0, 0.1) is 10.1 Å². The number of hydrogen-bond donors (Lipinski definition) is 0. The van der Waals surface area contributed by atoms with Gasteiger partial charge in [-0.15, -0.1) is 0 Å². The first kappa shape index (κ1) is 11.6. The molecule has 0 N–H and O–H groups in total. The van der Waals surface area contributed by atoms with Gasteiger partial charge in [-0.2, -0.15) is 0 Å². The minimum absolute atomic E-state index is 0.0790. The molecule has 0 bridgehead atoms. The van der Waals surface area contributed by atoms with E-state index in [0.29, 0.717) is 5.70 Å². The smallest absolute Gasteiger partial charge is 0.249 e. The molecule has 0 heterocycles. The van der Waals surface area contributed by atoms with Crippen LogP contribution in [0.5, 0.6) is 5.75 Å². The second-order valence-electron chi connectivity index (χ2n) is 4.14. The van der Waals surface area contributed by atoms with Crippen LogP contribution >= 0.6 is 0 Å². The van der Waals surface area contributed by atoms with Crippen LogP contribution in [0.4, 0.5) is 0 Å². The summed E-state index contributed by atoms with van der Waals surface area (Å²) < 4.78 is 5.08. The van der Waals surface area contributed by atoms with Gasteiger partial charge < -0.3 is 4.74 Å². The predicted molar refractivity (Wildman–Crippen MR) is 64.7 cm³/mol. The van der Waals surface area contributed by atoms with Crippen LogP contribution in [0.25, 0.3) is 0 Å². The SMILES string of the molecule is COc1ccc([C@@H]2CCCC=C2[N+](=O)[O-])cc1. The molecule has 0 saturated carbocycles. The van der Waals surface area contributed by atoms with Crippen molar-refractivity contribution in [1.82, 2.24) is 0 Å². The van der Waals surface area contributed by atoms with Gasteiger partial charge >= 0.3 is 0 Å².